The van der Waals surface area contributed by atoms with Crippen LogP contribution in [0.25, 0.3) is 0 Å². The number of aryl methyl sites for hydroxylation is 2. The second kappa shape index (κ2) is 6.70. The minimum atomic E-state index is 0.184. The second-order valence-electron chi connectivity index (χ2n) is 6.43. The molecule has 1 aliphatic rings. The summed E-state index contributed by atoms with van der Waals surface area (Å²) in [5, 5.41) is 3.60. The molecule has 1 aliphatic heterocycles. The van der Waals surface area contributed by atoms with Gasteiger partial charge in [0, 0.05) is 31.7 Å². The van der Waals surface area contributed by atoms with Gasteiger partial charge in [0.1, 0.15) is 0 Å². The van der Waals surface area contributed by atoms with Crippen molar-refractivity contribution < 1.29 is 4.74 Å². The van der Waals surface area contributed by atoms with Crippen LogP contribution >= 0.6 is 0 Å². The fourth-order valence-electron chi connectivity index (χ4n) is 2.71. The summed E-state index contributed by atoms with van der Waals surface area (Å²) in [6.45, 7) is 14.7. The Morgan fingerprint density at radius 3 is 2.50 bits per heavy atom. The zero-order chi connectivity index (χ0) is 14.6. The maximum atomic E-state index is 5.43. The molecule has 1 fully saturated rings. The normalized spacial score (nSPS) is 17.4. The summed E-state index contributed by atoms with van der Waals surface area (Å²) in [7, 11) is 0. The summed E-state index contributed by atoms with van der Waals surface area (Å²) in [5.41, 5.74) is 4.29. The largest absolute Gasteiger partial charge is 0.379 e. The zero-order valence-corrected chi connectivity index (χ0v) is 13.3. The van der Waals surface area contributed by atoms with Crippen molar-refractivity contribution in [1.82, 2.24) is 10.2 Å². The standard InChI is InChI=1S/C17H28N2O/c1-14-5-6-16(11-15(14)2)12-18-13-17(3,4)19-7-9-20-10-8-19/h5-6,11,18H,7-10,12-13H2,1-4H3. The van der Waals surface area contributed by atoms with Crippen molar-refractivity contribution >= 4 is 0 Å². The van der Waals surface area contributed by atoms with Crippen LogP contribution < -0.4 is 5.32 Å². The minimum absolute atomic E-state index is 0.184. The predicted molar refractivity (Wildman–Crippen MR) is 84.1 cm³/mol. The van der Waals surface area contributed by atoms with Gasteiger partial charge in [-0.2, -0.15) is 0 Å². The smallest absolute Gasteiger partial charge is 0.0594 e. The maximum Gasteiger partial charge on any atom is 0.0594 e. The van der Waals surface area contributed by atoms with Gasteiger partial charge < -0.3 is 10.1 Å². The molecular weight excluding hydrogens is 248 g/mol. The number of ether oxygens (including phenoxy) is 1. The first kappa shape index (κ1) is 15.5. The van der Waals surface area contributed by atoms with E-state index in [-0.39, 0.29) is 5.54 Å². The fourth-order valence-corrected chi connectivity index (χ4v) is 2.71. The molecule has 1 N–H and O–H groups in total. The van der Waals surface area contributed by atoms with E-state index in [1.54, 1.807) is 0 Å². The molecule has 0 aromatic heterocycles. The number of morpholine rings is 1. The van der Waals surface area contributed by atoms with Crippen LogP contribution in [-0.2, 0) is 11.3 Å². The molecule has 3 heteroatoms. The van der Waals surface area contributed by atoms with Gasteiger partial charge >= 0.3 is 0 Å². The van der Waals surface area contributed by atoms with Crippen LogP contribution in [0.2, 0.25) is 0 Å². The molecule has 0 spiro atoms. The molecule has 3 nitrogen and oxygen atoms in total. The highest BCUT2D eigenvalue weighted by atomic mass is 16.5. The fraction of sp³-hybridized carbons (Fsp3) is 0.647. The molecule has 0 bridgehead atoms. The summed E-state index contributed by atoms with van der Waals surface area (Å²) < 4.78 is 5.43. The van der Waals surface area contributed by atoms with Gasteiger partial charge in [0.05, 0.1) is 13.2 Å². The quantitative estimate of drug-likeness (QED) is 0.894. The first-order chi connectivity index (χ1) is 9.49. The van der Waals surface area contributed by atoms with Gasteiger partial charge in [0.15, 0.2) is 0 Å². The van der Waals surface area contributed by atoms with Gasteiger partial charge in [0.25, 0.3) is 0 Å². The van der Waals surface area contributed by atoms with E-state index >= 15 is 0 Å². The number of rotatable bonds is 5. The molecule has 0 atom stereocenters. The Morgan fingerprint density at radius 1 is 1.15 bits per heavy atom. The van der Waals surface area contributed by atoms with Gasteiger partial charge in [-0.25, -0.2) is 0 Å². The van der Waals surface area contributed by atoms with Gasteiger partial charge in [0.2, 0.25) is 0 Å². The summed E-state index contributed by atoms with van der Waals surface area (Å²) in [4.78, 5) is 2.52. The third-order valence-electron chi connectivity index (χ3n) is 4.33. The van der Waals surface area contributed by atoms with Crippen molar-refractivity contribution in [2.75, 3.05) is 32.8 Å². The van der Waals surface area contributed by atoms with E-state index in [1.165, 1.54) is 16.7 Å². The number of hydrogen-bond acceptors (Lipinski definition) is 3. The monoisotopic (exact) mass is 276 g/mol. The van der Waals surface area contributed by atoms with Crippen LogP contribution in [-0.4, -0.2) is 43.3 Å². The van der Waals surface area contributed by atoms with Crippen molar-refractivity contribution in [3.05, 3.63) is 34.9 Å². The molecule has 2 rings (SSSR count). The van der Waals surface area contributed by atoms with Gasteiger partial charge in [-0.3, -0.25) is 4.90 Å². The molecule has 1 saturated heterocycles. The van der Waals surface area contributed by atoms with Crippen LogP contribution in [0.5, 0.6) is 0 Å². The first-order valence-electron chi connectivity index (χ1n) is 7.59. The Balaban J connectivity index is 1.83. The van der Waals surface area contributed by atoms with Crippen LogP contribution in [0.1, 0.15) is 30.5 Å². The maximum absolute atomic E-state index is 5.43. The average Bonchev–Trinajstić information content (AvgIpc) is 2.44. The van der Waals surface area contributed by atoms with Crippen LogP contribution in [0.3, 0.4) is 0 Å². The van der Waals surface area contributed by atoms with E-state index in [0.29, 0.717) is 0 Å². The van der Waals surface area contributed by atoms with Crippen molar-refractivity contribution in [3.8, 4) is 0 Å². The Morgan fingerprint density at radius 2 is 1.85 bits per heavy atom. The van der Waals surface area contributed by atoms with Crippen LogP contribution in [0, 0.1) is 13.8 Å². The summed E-state index contributed by atoms with van der Waals surface area (Å²) in [6.07, 6.45) is 0. The lowest BCUT2D eigenvalue weighted by Crippen LogP contribution is -2.54. The number of benzene rings is 1. The second-order valence-corrected chi connectivity index (χ2v) is 6.43. The van der Waals surface area contributed by atoms with E-state index in [2.05, 4.69) is 56.1 Å². The van der Waals surface area contributed by atoms with E-state index < -0.39 is 0 Å². The highest BCUT2D eigenvalue weighted by molar-refractivity contribution is 5.29. The van der Waals surface area contributed by atoms with Crippen LogP contribution in [0.15, 0.2) is 18.2 Å². The van der Waals surface area contributed by atoms with Gasteiger partial charge in [-0.1, -0.05) is 18.2 Å². The Bertz CT molecular complexity index is 437. The third-order valence-corrected chi connectivity index (χ3v) is 4.33. The Kier molecular flexibility index (Phi) is 5.19. The molecule has 112 valence electrons. The molecule has 0 unspecified atom stereocenters. The summed E-state index contributed by atoms with van der Waals surface area (Å²) in [5.74, 6) is 0. The predicted octanol–water partition coefficient (Wildman–Crippen LogP) is 2.50. The van der Waals surface area contributed by atoms with E-state index in [0.717, 1.165) is 39.4 Å². The third kappa shape index (κ3) is 4.05. The number of nitrogens with one attached hydrogen (secondary N) is 1. The SMILES string of the molecule is Cc1ccc(CNCC(C)(C)N2CCOCC2)cc1C. The Hall–Kier alpha value is -0.900. The van der Waals surface area contributed by atoms with Gasteiger partial charge in [-0.15, -0.1) is 0 Å². The molecule has 0 aliphatic carbocycles. The minimum Gasteiger partial charge on any atom is -0.379 e. The number of nitrogens with zero attached hydrogens (tertiary/aromatic N) is 1. The molecule has 1 aromatic rings. The van der Waals surface area contributed by atoms with E-state index in [4.69, 9.17) is 4.74 Å². The highest BCUT2D eigenvalue weighted by Gasteiger charge is 2.27. The molecule has 0 radical (unpaired) electrons. The molecular formula is C17H28N2O. The van der Waals surface area contributed by atoms with Crippen molar-refractivity contribution in [3.63, 3.8) is 0 Å². The molecule has 20 heavy (non-hydrogen) atoms. The molecule has 1 aromatic carbocycles. The summed E-state index contributed by atoms with van der Waals surface area (Å²) in [6, 6.07) is 6.71. The molecule has 1 heterocycles. The Labute approximate surface area is 123 Å². The van der Waals surface area contributed by atoms with Crippen molar-refractivity contribution in [2.24, 2.45) is 0 Å². The van der Waals surface area contributed by atoms with E-state index in [9.17, 15) is 0 Å². The van der Waals surface area contributed by atoms with Crippen molar-refractivity contribution in [1.29, 1.82) is 0 Å². The highest BCUT2D eigenvalue weighted by Crippen LogP contribution is 2.15. The average molecular weight is 276 g/mol. The zero-order valence-electron chi connectivity index (χ0n) is 13.3. The summed E-state index contributed by atoms with van der Waals surface area (Å²) >= 11 is 0. The molecule has 0 amide bonds. The van der Waals surface area contributed by atoms with Gasteiger partial charge in [-0.05, 0) is 44.4 Å². The lowest BCUT2D eigenvalue weighted by molar-refractivity contribution is -0.00966. The molecule has 0 saturated carbocycles. The first-order valence-corrected chi connectivity index (χ1v) is 7.59. The lowest BCUT2D eigenvalue weighted by atomic mass is 10.0. The van der Waals surface area contributed by atoms with Crippen molar-refractivity contribution in [2.45, 2.75) is 39.8 Å². The van der Waals surface area contributed by atoms with E-state index in [1.807, 2.05) is 0 Å². The lowest BCUT2D eigenvalue weighted by Gasteiger charge is -2.41. The topological polar surface area (TPSA) is 24.5 Å². The van der Waals surface area contributed by atoms with Crippen LogP contribution in [0.4, 0.5) is 0 Å². The number of hydrogen-bond donors (Lipinski definition) is 1.